The molecule has 1 aromatic rings. The van der Waals surface area contributed by atoms with E-state index in [-0.39, 0.29) is 6.04 Å². The maximum Gasteiger partial charge on any atom is 0.0408 e. The van der Waals surface area contributed by atoms with Crippen LogP contribution in [0.3, 0.4) is 0 Å². The van der Waals surface area contributed by atoms with Crippen LogP contribution in [-0.2, 0) is 0 Å². The first-order valence-electron chi connectivity index (χ1n) is 4.41. The van der Waals surface area contributed by atoms with Gasteiger partial charge in [0.05, 0.1) is 0 Å². The molecule has 0 spiro atoms. The van der Waals surface area contributed by atoms with Gasteiger partial charge in [-0.05, 0) is 25.0 Å². The summed E-state index contributed by atoms with van der Waals surface area (Å²) < 4.78 is 0. The summed E-state index contributed by atoms with van der Waals surface area (Å²) in [5.74, 6) is 2.59. The molecular formula is C12H15N. The van der Waals surface area contributed by atoms with Gasteiger partial charge in [-0.15, -0.1) is 12.3 Å². The lowest BCUT2D eigenvalue weighted by molar-refractivity contribution is 0.747. The molecule has 68 valence electrons. The number of benzene rings is 1. The number of nitrogens with two attached hydrogens (primary N) is 1. The number of rotatable bonds is 2. The molecule has 0 amide bonds. The minimum atomic E-state index is -0.0232. The monoisotopic (exact) mass is 173 g/mol. The molecule has 0 fully saturated rings. The van der Waals surface area contributed by atoms with Gasteiger partial charge in [0.25, 0.3) is 0 Å². The first kappa shape index (κ1) is 9.83. The Kier molecular flexibility index (Phi) is 3.11. The van der Waals surface area contributed by atoms with Crippen molar-refractivity contribution >= 4 is 0 Å². The van der Waals surface area contributed by atoms with Gasteiger partial charge in [-0.25, -0.2) is 0 Å². The smallest absolute Gasteiger partial charge is 0.0408 e. The van der Waals surface area contributed by atoms with E-state index in [9.17, 15) is 0 Å². The van der Waals surface area contributed by atoms with Gasteiger partial charge in [0.15, 0.2) is 0 Å². The summed E-state index contributed by atoms with van der Waals surface area (Å²) in [5, 5.41) is 0. The van der Waals surface area contributed by atoms with E-state index < -0.39 is 0 Å². The molecule has 0 aliphatic carbocycles. The van der Waals surface area contributed by atoms with Crippen LogP contribution in [0.25, 0.3) is 0 Å². The lowest BCUT2D eigenvalue weighted by Crippen LogP contribution is -2.10. The molecule has 1 nitrogen and oxygen atoms in total. The third kappa shape index (κ3) is 2.34. The number of hydrogen-bond acceptors (Lipinski definition) is 1. The van der Waals surface area contributed by atoms with Crippen LogP contribution in [-0.4, -0.2) is 0 Å². The van der Waals surface area contributed by atoms with Crippen molar-refractivity contribution in [3.05, 3.63) is 34.9 Å². The van der Waals surface area contributed by atoms with Crippen molar-refractivity contribution in [3.8, 4) is 12.3 Å². The van der Waals surface area contributed by atoms with Gasteiger partial charge in [-0.3, -0.25) is 0 Å². The molecule has 1 unspecified atom stereocenters. The molecule has 0 heterocycles. The van der Waals surface area contributed by atoms with Crippen LogP contribution in [0.2, 0.25) is 0 Å². The van der Waals surface area contributed by atoms with E-state index in [1.54, 1.807) is 0 Å². The van der Waals surface area contributed by atoms with Crippen molar-refractivity contribution in [3.63, 3.8) is 0 Å². The summed E-state index contributed by atoms with van der Waals surface area (Å²) >= 11 is 0. The average Bonchev–Trinajstić information content (AvgIpc) is 2.09. The molecular weight excluding hydrogens is 158 g/mol. The molecule has 0 aromatic heterocycles. The zero-order valence-corrected chi connectivity index (χ0v) is 8.17. The Morgan fingerprint density at radius 2 is 2.15 bits per heavy atom. The fourth-order valence-electron chi connectivity index (χ4n) is 1.40. The molecule has 1 aromatic carbocycles. The van der Waals surface area contributed by atoms with E-state index in [4.69, 9.17) is 12.2 Å². The molecule has 0 bridgehead atoms. The van der Waals surface area contributed by atoms with Crippen LogP contribution >= 0.6 is 0 Å². The largest absolute Gasteiger partial charge is 0.323 e. The van der Waals surface area contributed by atoms with E-state index in [1.165, 1.54) is 11.1 Å². The van der Waals surface area contributed by atoms with E-state index in [1.807, 2.05) is 0 Å². The summed E-state index contributed by atoms with van der Waals surface area (Å²) in [6.45, 7) is 4.12. The molecule has 13 heavy (non-hydrogen) atoms. The van der Waals surface area contributed by atoms with Gasteiger partial charge in [0, 0.05) is 12.5 Å². The Balaban J connectivity index is 3.00. The molecule has 1 atom stereocenters. The Morgan fingerprint density at radius 3 is 2.77 bits per heavy atom. The highest BCUT2D eigenvalue weighted by atomic mass is 14.6. The standard InChI is InChI=1S/C12H15N/c1-4-5-12(13)11-8-9(2)6-7-10(11)3/h1,6-8,12H,5,13H2,2-3H3. The molecule has 0 radical (unpaired) electrons. The third-order valence-electron chi connectivity index (χ3n) is 2.17. The maximum absolute atomic E-state index is 5.93. The second-order valence-corrected chi connectivity index (χ2v) is 3.37. The SMILES string of the molecule is C#CCC(N)c1cc(C)ccc1C. The van der Waals surface area contributed by atoms with Crippen molar-refractivity contribution in [2.24, 2.45) is 5.73 Å². The number of hydrogen-bond donors (Lipinski definition) is 1. The highest BCUT2D eigenvalue weighted by molar-refractivity contribution is 5.33. The maximum atomic E-state index is 5.93. The van der Waals surface area contributed by atoms with Crippen LogP contribution in [0.1, 0.15) is 29.2 Å². The fraction of sp³-hybridized carbons (Fsp3) is 0.333. The quantitative estimate of drug-likeness (QED) is 0.682. The molecule has 0 saturated carbocycles. The first-order valence-corrected chi connectivity index (χ1v) is 4.41. The summed E-state index contributed by atoms with van der Waals surface area (Å²) in [5.41, 5.74) is 9.54. The summed E-state index contributed by atoms with van der Waals surface area (Å²) in [6, 6.07) is 6.25. The number of aryl methyl sites for hydroxylation is 2. The lowest BCUT2D eigenvalue weighted by Gasteiger charge is -2.12. The Labute approximate surface area is 80.0 Å². The van der Waals surface area contributed by atoms with Crippen molar-refractivity contribution in [2.45, 2.75) is 26.3 Å². The Morgan fingerprint density at radius 1 is 1.46 bits per heavy atom. The van der Waals surface area contributed by atoms with Crippen molar-refractivity contribution in [1.82, 2.24) is 0 Å². The predicted molar refractivity (Wildman–Crippen MR) is 56.3 cm³/mol. The third-order valence-corrected chi connectivity index (χ3v) is 2.17. The van der Waals surface area contributed by atoms with E-state index >= 15 is 0 Å². The summed E-state index contributed by atoms with van der Waals surface area (Å²) in [7, 11) is 0. The fourth-order valence-corrected chi connectivity index (χ4v) is 1.40. The van der Waals surface area contributed by atoms with Gasteiger partial charge in [-0.2, -0.15) is 0 Å². The average molecular weight is 173 g/mol. The van der Waals surface area contributed by atoms with Gasteiger partial charge in [0.1, 0.15) is 0 Å². The van der Waals surface area contributed by atoms with Crippen LogP contribution in [0.4, 0.5) is 0 Å². The number of terminal acetylenes is 1. The van der Waals surface area contributed by atoms with E-state index in [2.05, 4.69) is 38.0 Å². The summed E-state index contributed by atoms with van der Waals surface area (Å²) in [6.07, 6.45) is 5.83. The van der Waals surface area contributed by atoms with Crippen LogP contribution in [0.15, 0.2) is 18.2 Å². The highest BCUT2D eigenvalue weighted by Crippen LogP contribution is 2.19. The normalized spacial score (nSPS) is 12.2. The molecule has 1 rings (SSSR count). The molecule has 0 aliphatic heterocycles. The van der Waals surface area contributed by atoms with Crippen LogP contribution < -0.4 is 5.73 Å². The van der Waals surface area contributed by atoms with Crippen LogP contribution in [0, 0.1) is 26.2 Å². The Hall–Kier alpha value is -1.26. The Bertz CT molecular complexity index is 333. The van der Waals surface area contributed by atoms with Gasteiger partial charge in [0.2, 0.25) is 0 Å². The van der Waals surface area contributed by atoms with Crippen LogP contribution in [0.5, 0.6) is 0 Å². The highest BCUT2D eigenvalue weighted by Gasteiger charge is 2.06. The minimum Gasteiger partial charge on any atom is -0.323 e. The minimum absolute atomic E-state index is 0.0232. The molecule has 1 heteroatoms. The second kappa shape index (κ2) is 4.11. The molecule has 0 saturated heterocycles. The van der Waals surface area contributed by atoms with Crippen molar-refractivity contribution < 1.29 is 0 Å². The molecule has 0 aliphatic rings. The van der Waals surface area contributed by atoms with Gasteiger partial charge >= 0.3 is 0 Å². The van der Waals surface area contributed by atoms with Gasteiger partial charge < -0.3 is 5.73 Å². The lowest BCUT2D eigenvalue weighted by atomic mass is 9.98. The van der Waals surface area contributed by atoms with Crippen molar-refractivity contribution in [1.29, 1.82) is 0 Å². The predicted octanol–water partition coefficient (Wildman–Crippen LogP) is 2.33. The van der Waals surface area contributed by atoms with Gasteiger partial charge in [-0.1, -0.05) is 23.8 Å². The topological polar surface area (TPSA) is 26.0 Å². The molecule has 2 N–H and O–H groups in total. The van der Waals surface area contributed by atoms with E-state index in [0.717, 1.165) is 5.56 Å². The van der Waals surface area contributed by atoms with E-state index in [0.29, 0.717) is 6.42 Å². The first-order chi connectivity index (χ1) is 6.15. The van der Waals surface area contributed by atoms with Crippen molar-refractivity contribution in [2.75, 3.05) is 0 Å². The zero-order chi connectivity index (χ0) is 9.84. The zero-order valence-electron chi connectivity index (χ0n) is 8.17. The summed E-state index contributed by atoms with van der Waals surface area (Å²) in [4.78, 5) is 0. The second-order valence-electron chi connectivity index (χ2n) is 3.37.